The van der Waals surface area contributed by atoms with Crippen molar-refractivity contribution in [3.63, 3.8) is 0 Å². The lowest BCUT2D eigenvalue weighted by Gasteiger charge is -2.60. The van der Waals surface area contributed by atoms with Crippen molar-refractivity contribution >= 4 is 17.3 Å². The minimum atomic E-state index is -1.82. The molecule has 0 spiro atoms. The van der Waals surface area contributed by atoms with Gasteiger partial charge in [0.2, 0.25) is 0 Å². The van der Waals surface area contributed by atoms with Gasteiger partial charge in [0.1, 0.15) is 17.5 Å². The molecule has 0 aliphatic heterocycles. The molecule has 3 unspecified atom stereocenters. The van der Waals surface area contributed by atoms with Gasteiger partial charge in [0.15, 0.2) is 11.6 Å². The number of aliphatic hydroxyl groups is 3. The number of ketones is 3. The number of Topliss-reactive ketones (excluding diaryl/α,β-unsaturated/α-hetero) is 2. The van der Waals surface area contributed by atoms with Crippen LogP contribution in [0.3, 0.4) is 0 Å². The van der Waals surface area contributed by atoms with Crippen molar-refractivity contribution in [2.45, 2.75) is 98.9 Å². The van der Waals surface area contributed by atoms with E-state index >= 15 is 0 Å². The lowest BCUT2D eigenvalue weighted by Crippen LogP contribution is -2.62. The topological polar surface area (TPSA) is 112 Å². The molecular weight excluding hydrogens is 456 g/mol. The van der Waals surface area contributed by atoms with E-state index in [4.69, 9.17) is 0 Å². The zero-order valence-corrected chi connectivity index (χ0v) is 23.1. The Bertz CT molecular complexity index is 1040. The van der Waals surface area contributed by atoms with Gasteiger partial charge in [-0.1, -0.05) is 52.3 Å². The van der Waals surface area contributed by atoms with E-state index in [9.17, 15) is 29.7 Å². The summed E-state index contributed by atoms with van der Waals surface area (Å²) in [4.78, 5) is 40.1. The third-order valence-electron chi connectivity index (χ3n) is 10.5. The standard InChI is InChI=1S/C30H44O6/c1-26(2,3)12-11-22(33)30(8,36)24-20(31)13-18-17-10-9-16-19(14-21(32)25(35)27(16,4)5)29(17,7)23(34)15-28(18,24)6/h9,11-12,17-21,24,31-32,36H,10,13-15H2,1-8H3/b12-11+/t17-,18?,19+,20?,21?,24-,28-,29+,30-/m0/s1. The minimum Gasteiger partial charge on any atom is -0.393 e. The monoisotopic (exact) mass is 500 g/mol. The molecule has 36 heavy (non-hydrogen) atoms. The first-order chi connectivity index (χ1) is 16.3. The second-order valence-corrected chi connectivity index (χ2v) is 14.3. The van der Waals surface area contributed by atoms with Crippen molar-refractivity contribution in [2.24, 2.45) is 45.3 Å². The second-order valence-electron chi connectivity index (χ2n) is 14.3. The van der Waals surface area contributed by atoms with E-state index in [1.54, 1.807) is 6.08 Å². The summed E-state index contributed by atoms with van der Waals surface area (Å²) in [6.07, 6.45) is 4.63. The Hall–Kier alpha value is -1.63. The Morgan fingerprint density at radius 2 is 1.64 bits per heavy atom. The van der Waals surface area contributed by atoms with Gasteiger partial charge >= 0.3 is 0 Å². The van der Waals surface area contributed by atoms with Crippen molar-refractivity contribution in [3.8, 4) is 0 Å². The Morgan fingerprint density at radius 3 is 2.22 bits per heavy atom. The summed E-state index contributed by atoms with van der Waals surface area (Å²) in [6.45, 7) is 15.0. The molecule has 0 heterocycles. The maximum Gasteiger partial charge on any atom is 0.186 e. The molecule has 0 saturated heterocycles. The molecule has 4 rings (SSSR count). The third kappa shape index (κ3) is 3.73. The predicted octanol–water partition coefficient (Wildman–Crippen LogP) is 3.81. The lowest BCUT2D eigenvalue weighted by molar-refractivity contribution is -0.169. The van der Waals surface area contributed by atoms with Gasteiger partial charge in [0, 0.05) is 23.2 Å². The second kappa shape index (κ2) is 8.18. The van der Waals surface area contributed by atoms with Crippen LogP contribution in [0.25, 0.3) is 0 Å². The molecule has 4 aliphatic carbocycles. The predicted molar refractivity (Wildman–Crippen MR) is 137 cm³/mol. The molecule has 0 aromatic heterocycles. The Kier molecular flexibility index (Phi) is 6.23. The molecule has 6 heteroatoms. The SMILES string of the molecule is CC(C)(C)/C=C/C(=O)[C@](C)(O)[C@H]1C(O)CC2[C@@H]3CC=C4[C@@H](CC(O)C(=O)C4(C)C)[C@]3(C)C(=O)C[C@@]21C. The maximum atomic E-state index is 14.1. The van der Waals surface area contributed by atoms with E-state index in [1.165, 1.54) is 13.0 Å². The summed E-state index contributed by atoms with van der Waals surface area (Å²) in [5.41, 5.74) is -3.46. The molecule has 0 radical (unpaired) electrons. The maximum absolute atomic E-state index is 14.1. The fraction of sp³-hybridized carbons (Fsp3) is 0.767. The van der Waals surface area contributed by atoms with Crippen LogP contribution >= 0.6 is 0 Å². The number of aliphatic hydroxyl groups excluding tert-OH is 2. The number of fused-ring (bicyclic) bond motifs is 5. The molecule has 200 valence electrons. The molecule has 6 nitrogen and oxygen atoms in total. The highest BCUT2D eigenvalue weighted by Crippen LogP contribution is 2.68. The van der Waals surface area contributed by atoms with Crippen LogP contribution in [0.2, 0.25) is 0 Å². The lowest BCUT2D eigenvalue weighted by atomic mass is 9.42. The first kappa shape index (κ1) is 27.4. The number of rotatable bonds is 3. The van der Waals surface area contributed by atoms with Crippen LogP contribution in [0.1, 0.15) is 81.1 Å². The van der Waals surface area contributed by atoms with E-state index in [2.05, 4.69) is 6.08 Å². The summed E-state index contributed by atoms with van der Waals surface area (Å²) in [5, 5.41) is 33.5. The van der Waals surface area contributed by atoms with Gasteiger partial charge in [0.25, 0.3) is 0 Å². The van der Waals surface area contributed by atoms with Crippen molar-refractivity contribution < 1.29 is 29.7 Å². The highest BCUT2D eigenvalue weighted by molar-refractivity contribution is 5.97. The zero-order valence-electron chi connectivity index (χ0n) is 23.1. The summed E-state index contributed by atoms with van der Waals surface area (Å²) >= 11 is 0. The summed E-state index contributed by atoms with van der Waals surface area (Å²) in [7, 11) is 0. The van der Waals surface area contributed by atoms with Gasteiger partial charge in [-0.3, -0.25) is 14.4 Å². The van der Waals surface area contributed by atoms with Crippen LogP contribution in [0.15, 0.2) is 23.8 Å². The minimum absolute atomic E-state index is 0.0341. The first-order valence-corrected chi connectivity index (χ1v) is 13.4. The van der Waals surface area contributed by atoms with Crippen LogP contribution in [-0.2, 0) is 14.4 Å². The van der Waals surface area contributed by atoms with Gasteiger partial charge in [0.05, 0.1) is 6.10 Å². The molecule has 0 amide bonds. The summed E-state index contributed by atoms with van der Waals surface area (Å²) < 4.78 is 0. The molecule has 0 aromatic rings. The molecule has 9 atom stereocenters. The van der Waals surface area contributed by atoms with Crippen molar-refractivity contribution in [3.05, 3.63) is 23.8 Å². The Morgan fingerprint density at radius 1 is 1.03 bits per heavy atom. The molecular formula is C30H44O6. The summed E-state index contributed by atoms with van der Waals surface area (Å²) in [6, 6.07) is 0. The number of carbonyl (C=O) groups is 3. The molecule has 3 saturated carbocycles. The fourth-order valence-electron chi connectivity index (χ4n) is 8.56. The number of hydrogen-bond donors (Lipinski definition) is 3. The van der Waals surface area contributed by atoms with E-state index in [0.29, 0.717) is 12.8 Å². The molecule has 3 N–H and O–H groups in total. The number of allylic oxidation sites excluding steroid dienone is 3. The Labute approximate surface area is 215 Å². The highest BCUT2D eigenvalue weighted by Gasteiger charge is 2.70. The van der Waals surface area contributed by atoms with Gasteiger partial charge in [-0.05, 0) is 74.7 Å². The Balaban J connectivity index is 1.74. The molecule has 4 aliphatic rings. The molecule has 0 aromatic carbocycles. The van der Waals surface area contributed by atoms with Gasteiger partial charge < -0.3 is 15.3 Å². The largest absolute Gasteiger partial charge is 0.393 e. The van der Waals surface area contributed by atoms with Crippen LogP contribution in [0.4, 0.5) is 0 Å². The number of carbonyl (C=O) groups excluding carboxylic acids is 3. The smallest absolute Gasteiger partial charge is 0.186 e. The average molecular weight is 501 g/mol. The number of hydrogen-bond acceptors (Lipinski definition) is 6. The van der Waals surface area contributed by atoms with Crippen LogP contribution in [-0.4, -0.2) is 50.5 Å². The molecule has 0 bridgehead atoms. The van der Waals surface area contributed by atoms with E-state index in [-0.39, 0.29) is 47.6 Å². The third-order valence-corrected chi connectivity index (χ3v) is 10.5. The van der Waals surface area contributed by atoms with Crippen LogP contribution in [0.5, 0.6) is 0 Å². The fourth-order valence-corrected chi connectivity index (χ4v) is 8.56. The van der Waals surface area contributed by atoms with Gasteiger partial charge in [-0.2, -0.15) is 0 Å². The van der Waals surface area contributed by atoms with Gasteiger partial charge in [-0.15, -0.1) is 0 Å². The van der Waals surface area contributed by atoms with Crippen LogP contribution in [0, 0.1) is 45.3 Å². The normalized spacial score (nSPS) is 43.9. The zero-order chi connectivity index (χ0) is 27.2. The molecule has 3 fully saturated rings. The van der Waals surface area contributed by atoms with Gasteiger partial charge in [-0.25, -0.2) is 0 Å². The highest BCUT2D eigenvalue weighted by atomic mass is 16.3. The average Bonchev–Trinajstić information content (AvgIpc) is 3.00. The van der Waals surface area contributed by atoms with Crippen molar-refractivity contribution in [2.75, 3.05) is 0 Å². The van der Waals surface area contributed by atoms with E-state index in [0.717, 1.165) is 5.57 Å². The van der Waals surface area contributed by atoms with Crippen LogP contribution < -0.4 is 0 Å². The van der Waals surface area contributed by atoms with Crippen molar-refractivity contribution in [1.82, 2.24) is 0 Å². The van der Waals surface area contributed by atoms with E-state index in [1.807, 2.05) is 48.5 Å². The van der Waals surface area contributed by atoms with E-state index < -0.39 is 45.8 Å². The summed E-state index contributed by atoms with van der Waals surface area (Å²) in [5.74, 6) is -1.83. The quantitative estimate of drug-likeness (QED) is 0.401. The van der Waals surface area contributed by atoms with Crippen molar-refractivity contribution in [1.29, 1.82) is 0 Å². The first-order valence-electron chi connectivity index (χ1n) is 13.4.